The zero-order chi connectivity index (χ0) is 15.1. The molecule has 5 nitrogen and oxygen atoms in total. The highest BCUT2D eigenvalue weighted by Gasteiger charge is 2.22. The number of amides is 2. The summed E-state index contributed by atoms with van der Waals surface area (Å²) in [6.07, 6.45) is 2.18. The van der Waals surface area contributed by atoms with Gasteiger partial charge in [0.2, 0.25) is 11.8 Å². The summed E-state index contributed by atoms with van der Waals surface area (Å²) in [6, 6.07) is 3.07. The maximum Gasteiger partial charge on any atom is 0.242 e. The van der Waals surface area contributed by atoms with Crippen molar-refractivity contribution in [1.29, 1.82) is 0 Å². The molecule has 0 aliphatic rings. The SMILES string of the molecule is CC(C)C[C@@H](NC(=O)C(C)C)C(=O)NCc1ccco1. The first-order chi connectivity index (χ1) is 9.40. The molecule has 2 N–H and O–H groups in total. The van der Waals surface area contributed by atoms with Crippen molar-refractivity contribution in [2.75, 3.05) is 0 Å². The first kappa shape index (κ1) is 16.3. The largest absolute Gasteiger partial charge is 0.467 e. The van der Waals surface area contributed by atoms with Crippen molar-refractivity contribution in [2.24, 2.45) is 11.8 Å². The van der Waals surface area contributed by atoms with E-state index < -0.39 is 6.04 Å². The van der Waals surface area contributed by atoms with Crippen LogP contribution in [0.1, 0.15) is 39.9 Å². The molecule has 0 aliphatic carbocycles. The molecule has 1 aromatic heterocycles. The number of carbonyl (C=O) groups is 2. The molecule has 0 spiro atoms. The molecule has 0 radical (unpaired) electrons. The van der Waals surface area contributed by atoms with Crippen LogP contribution in [-0.2, 0) is 16.1 Å². The third kappa shape index (κ3) is 5.47. The van der Waals surface area contributed by atoms with Crippen LogP contribution >= 0.6 is 0 Å². The summed E-state index contributed by atoms with van der Waals surface area (Å²) in [6.45, 7) is 7.99. The lowest BCUT2D eigenvalue weighted by atomic mass is 10.0. The maximum atomic E-state index is 12.2. The number of hydrogen-bond acceptors (Lipinski definition) is 3. The molecular weight excluding hydrogens is 256 g/mol. The van der Waals surface area contributed by atoms with Gasteiger partial charge in [0.05, 0.1) is 12.8 Å². The topological polar surface area (TPSA) is 71.3 Å². The van der Waals surface area contributed by atoms with Crippen LogP contribution in [0.25, 0.3) is 0 Å². The van der Waals surface area contributed by atoms with E-state index in [1.54, 1.807) is 18.4 Å². The predicted molar refractivity (Wildman–Crippen MR) is 76.8 cm³/mol. The Morgan fingerprint density at radius 3 is 2.40 bits per heavy atom. The Bertz CT molecular complexity index is 424. The molecule has 1 atom stereocenters. The van der Waals surface area contributed by atoms with E-state index in [9.17, 15) is 9.59 Å². The van der Waals surface area contributed by atoms with Crippen LogP contribution in [0.3, 0.4) is 0 Å². The zero-order valence-electron chi connectivity index (χ0n) is 12.6. The molecule has 0 saturated heterocycles. The van der Waals surface area contributed by atoms with Gasteiger partial charge >= 0.3 is 0 Å². The molecule has 0 aromatic carbocycles. The second kappa shape index (κ2) is 7.72. The Balaban J connectivity index is 2.57. The van der Waals surface area contributed by atoms with Crippen LogP contribution in [0, 0.1) is 11.8 Å². The van der Waals surface area contributed by atoms with Gasteiger partial charge in [0.1, 0.15) is 11.8 Å². The highest BCUT2D eigenvalue weighted by Crippen LogP contribution is 2.07. The third-order valence-corrected chi connectivity index (χ3v) is 2.88. The molecule has 1 aromatic rings. The van der Waals surface area contributed by atoms with E-state index in [1.807, 2.05) is 27.7 Å². The van der Waals surface area contributed by atoms with Crippen molar-refractivity contribution in [3.63, 3.8) is 0 Å². The van der Waals surface area contributed by atoms with Gasteiger partial charge in [-0.2, -0.15) is 0 Å². The monoisotopic (exact) mass is 280 g/mol. The van der Waals surface area contributed by atoms with E-state index in [-0.39, 0.29) is 17.7 Å². The lowest BCUT2D eigenvalue weighted by Crippen LogP contribution is -2.48. The minimum absolute atomic E-state index is 0.108. The number of nitrogens with one attached hydrogen (secondary N) is 2. The summed E-state index contributed by atoms with van der Waals surface area (Å²) in [5.74, 6) is 0.592. The number of furan rings is 1. The van der Waals surface area contributed by atoms with E-state index in [0.29, 0.717) is 24.6 Å². The fourth-order valence-electron chi connectivity index (χ4n) is 1.75. The van der Waals surface area contributed by atoms with Gasteiger partial charge in [0, 0.05) is 5.92 Å². The highest BCUT2D eigenvalue weighted by atomic mass is 16.3. The fourth-order valence-corrected chi connectivity index (χ4v) is 1.75. The lowest BCUT2D eigenvalue weighted by Gasteiger charge is -2.21. The summed E-state index contributed by atoms with van der Waals surface area (Å²) in [4.78, 5) is 23.9. The Kier molecular flexibility index (Phi) is 6.28. The Hall–Kier alpha value is -1.78. The van der Waals surface area contributed by atoms with Gasteiger partial charge in [0.25, 0.3) is 0 Å². The molecule has 0 unspecified atom stereocenters. The van der Waals surface area contributed by atoms with E-state index in [2.05, 4.69) is 10.6 Å². The van der Waals surface area contributed by atoms with Crippen LogP contribution in [0.15, 0.2) is 22.8 Å². The summed E-state index contributed by atoms with van der Waals surface area (Å²) in [7, 11) is 0. The summed E-state index contributed by atoms with van der Waals surface area (Å²) >= 11 is 0. The first-order valence-corrected chi connectivity index (χ1v) is 7.00. The molecule has 0 bridgehead atoms. The normalized spacial score (nSPS) is 12.5. The molecule has 2 amide bonds. The highest BCUT2D eigenvalue weighted by molar-refractivity contribution is 5.88. The van der Waals surface area contributed by atoms with Crippen LogP contribution in [0.2, 0.25) is 0 Å². The molecule has 1 heterocycles. The van der Waals surface area contributed by atoms with Gasteiger partial charge in [0.15, 0.2) is 0 Å². The Labute approximate surface area is 120 Å². The molecular formula is C15H24N2O3. The number of rotatable bonds is 7. The van der Waals surface area contributed by atoms with Crippen molar-refractivity contribution in [2.45, 2.75) is 46.7 Å². The molecule has 0 saturated carbocycles. The van der Waals surface area contributed by atoms with Crippen LogP contribution in [-0.4, -0.2) is 17.9 Å². The molecule has 5 heteroatoms. The standard InChI is InChI=1S/C15H24N2O3/c1-10(2)8-13(17-14(18)11(3)4)15(19)16-9-12-6-5-7-20-12/h5-7,10-11,13H,8-9H2,1-4H3,(H,16,19)(H,17,18)/t13-/m1/s1. The quantitative estimate of drug-likeness (QED) is 0.803. The van der Waals surface area contributed by atoms with Crippen molar-refractivity contribution < 1.29 is 14.0 Å². The zero-order valence-corrected chi connectivity index (χ0v) is 12.6. The molecule has 0 aliphatic heterocycles. The van der Waals surface area contributed by atoms with E-state index in [1.165, 1.54) is 0 Å². The fraction of sp³-hybridized carbons (Fsp3) is 0.600. The first-order valence-electron chi connectivity index (χ1n) is 7.00. The number of hydrogen-bond donors (Lipinski definition) is 2. The van der Waals surface area contributed by atoms with Gasteiger partial charge in [-0.15, -0.1) is 0 Å². The predicted octanol–water partition coefficient (Wildman–Crippen LogP) is 2.08. The van der Waals surface area contributed by atoms with Crippen LogP contribution in [0.5, 0.6) is 0 Å². The molecule has 112 valence electrons. The third-order valence-electron chi connectivity index (χ3n) is 2.88. The smallest absolute Gasteiger partial charge is 0.242 e. The van der Waals surface area contributed by atoms with Gasteiger partial charge in [-0.3, -0.25) is 9.59 Å². The van der Waals surface area contributed by atoms with Gasteiger partial charge in [-0.05, 0) is 24.5 Å². The van der Waals surface area contributed by atoms with E-state index in [4.69, 9.17) is 4.42 Å². The summed E-state index contributed by atoms with van der Waals surface area (Å²) < 4.78 is 5.16. The van der Waals surface area contributed by atoms with E-state index in [0.717, 1.165) is 0 Å². The molecule has 0 fully saturated rings. The molecule has 1 rings (SSSR count). The van der Waals surface area contributed by atoms with E-state index >= 15 is 0 Å². The van der Waals surface area contributed by atoms with Crippen molar-refractivity contribution in [3.05, 3.63) is 24.2 Å². The second-order valence-electron chi connectivity index (χ2n) is 5.64. The average Bonchev–Trinajstić information content (AvgIpc) is 2.87. The summed E-state index contributed by atoms with van der Waals surface area (Å²) in [5, 5.41) is 5.58. The van der Waals surface area contributed by atoms with Gasteiger partial charge in [-0.25, -0.2) is 0 Å². The van der Waals surface area contributed by atoms with Crippen LogP contribution in [0.4, 0.5) is 0 Å². The van der Waals surface area contributed by atoms with Gasteiger partial charge in [-0.1, -0.05) is 27.7 Å². The average molecular weight is 280 g/mol. The van der Waals surface area contributed by atoms with Crippen molar-refractivity contribution in [3.8, 4) is 0 Å². The minimum Gasteiger partial charge on any atom is -0.467 e. The molecule has 20 heavy (non-hydrogen) atoms. The maximum absolute atomic E-state index is 12.2. The second-order valence-corrected chi connectivity index (χ2v) is 5.64. The summed E-state index contributed by atoms with van der Waals surface area (Å²) in [5.41, 5.74) is 0. The lowest BCUT2D eigenvalue weighted by molar-refractivity contribution is -0.131. The minimum atomic E-state index is -0.500. The van der Waals surface area contributed by atoms with Crippen LogP contribution < -0.4 is 10.6 Å². The van der Waals surface area contributed by atoms with Crippen molar-refractivity contribution in [1.82, 2.24) is 10.6 Å². The van der Waals surface area contributed by atoms with Crippen molar-refractivity contribution >= 4 is 11.8 Å². The Morgan fingerprint density at radius 1 is 1.20 bits per heavy atom. The van der Waals surface area contributed by atoms with Gasteiger partial charge < -0.3 is 15.1 Å². The Morgan fingerprint density at radius 2 is 1.90 bits per heavy atom. The number of carbonyl (C=O) groups excluding carboxylic acids is 2.